The number of aromatic nitrogens is 1. The van der Waals surface area contributed by atoms with Gasteiger partial charge in [0.1, 0.15) is 0 Å². The fourth-order valence-corrected chi connectivity index (χ4v) is 1.87. The molecule has 0 atom stereocenters. The molecule has 2 rings (SSSR count). The molecule has 1 N–H and O–H groups in total. The summed E-state index contributed by atoms with van der Waals surface area (Å²) >= 11 is 5.99. The molecule has 2 aromatic rings. The minimum absolute atomic E-state index is 0. The Morgan fingerprint density at radius 3 is 2.75 bits per heavy atom. The Balaban J connectivity index is 0.00000128. The molecule has 0 amide bonds. The van der Waals surface area contributed by atoms with E-state index in [0.29, 0.717) is 0 Å². The number of fused-ring (bicyclic) bond motifs is 1. The van der Waals surface area contributed by atoms with Crippen LogP contribution in [0.3, 0.4) is 0 Å². The molecule has 0 fully saturated rings. The van der Waals surface area contributed by atoms with E-state index in [-0.39, 0.29) is 12.4 Å². The molecule has 0 unspecified atom stereocenters. The fraction of sp³-hybridized carbons (Fsp3) is 0.333. The Morgan fingerprint density at radius 1 is 1.31 bits per heavy atom. The molecule has 0 radical (unpaired) electrons. The van der Waals surface area contributed by atoms with Gasteiger partial charge in [-0.15, -0.1) is 12.4 Å². The lowest BCUT2D eigenvalue weighted by Gasteiger charge is -2.08. The highest BCUT2D eigenvalue weighted by Crippen LogP contribution is 2.22. The van der Waals surface area contributed by atoms with E-state index in [2.05, 4.69) is 30.2 Å². The summed E-state index contributed by atoms with van der Waals surface area (Å²) in [6.45, 7) is 1.06. The molecule has 0 aliphatic rings. The number of hydrogen-bond donors (Lipinski definition) is 1. The third-order valence-corrected chi connectivity index (χ3v) is 2.79. The van der Waals surface area contributed by atoms with E-state index in [1.807, 2.05) is 18.2 Å². The fourth-order valence-electron chi connectivity index (χ4n) is 1.70. The highest BCUT2D eigenvalue weighted by molar-refractivity contribution is 6.31. The minimum Gasteiger partial charge on any atom is -0.361 e. The maximum absolute atomic E-state index is 5.99. The summed E-state index contributed by atoms with van der Waals surface area (Å²) in [6.07, 6.45) is 3.12. The molecule has 88 valence electrons. The summed E-state index contributed by atoms with van der Waals surface area (Å²) in [5.41, 5.74) is 2.49. The molecule has 0 saturated carbocycles. The van der Waals surface area contributed by atoms with Crippen molar-refractivity contribution < 1.29 is 0 Å². The molecule has 0 bridgehead atoms. The first kappa shape index (κ1) is 13.4. The quantitative estimate of drug-likeness (QED) is 0.895. The van der Waals surface area contributed by atoms with Crippen LogP contribution in [0.15, 0.2) is 24.4 Å². The van der Waals surface area contributed by atoms with Crippen molar-refractivity contribution in [1.82, 2.24) is 9.88 Å². The topological polar surface area (TPSA) is 19.0 Å². The van der Waals surface area contributed by atoms with Crippen molar-refractivity contribution in [3.8, 4) is 0 Å². The monoisotopic (exact) mass is 258 g/mol. The molecule has 0 aliphatic carbocycles. The van der Waals surface area contributed by atoms with Crippen molar-refractivity contribution in [3.05, 3.63) is 35.0 Å². The average Bonchev–Trinajstić information content (AvgIpc) is 2.57. The lowest BCUT2D eigenvalue weighted by Crippen LogP contribution is -2.14. The van der Waals surface area contributed by atoms with Gasteiger partial charge in [-0.25, -0.2) is 0 Å². The normalized spacial score (nSPS) is 10.8. The Morgan fingerprint density at radius 2 is 2.06 bits per heavy atom. The van der Waals surface area contributed by atoms with E-state index in [9.17, 15) is 0 Å². The van der Waals surface area contributed by atoms with Gasteiger partial charge in [0, 0.05) is 28.7 Å². The van der Waals surface area contributed by atoms with Crippen molar-refractivity contribution >= 4 is 34.9 Å². The highest BCUT2D eigenvalue weighted by atomic mass is 35.5. The van der Waals surface area contributed by atoms with Gasteiger partial charge in [0.2, 0.25) is 0 Å². The van der Waals surface area contributed by atoms with Crippen LogP contribution in [-0.4, -0.2) is 30.5 Å². The van der Waals surface area contributed by atoms with Gasteiger partial charge in [0.15, 0.2) is 0 Å². The van der Waals surface area contributed by atoms with E-state index < -0.39 is 0 Å². The Labute approximate surface area is 107 Å². The maximum atomic E-state index is 5.99. The van der Waals surface area contributed by atoms with E-state index in [4.69, 9.17) is 11.6 Å². The lowest BCUT2D eigenvalue weighted by molar-refractivity contribution is 0.414. The summed E-state index contributed by atoms with van der Waals surface area (Å²) < 4.78 is 0. The number of aromatic amines is 1. The van der Waals surface area contributed by atoms with Crippen LogP contribution in [0.2, 0.25) is 5.02 Å². The minimum atomic E-state index is 0. The first-order valence-corrected chi connectivity index (χ1v) is 5.45. The molecular formula is C12H16Cl2N2. The number of H-pyrrole nitrogens is 1. The third kappa shape index (κ3) is 2.91. The number of likely N-dealkylation sites (N-methyl/N-ethyl adjacent to an activating group) is 1. The van der Waals surface area contributed by atoms with Crippen LogP contribution in [0.4, 0.5) is 0 Å². The molecule has 1 aromatic heterocycles. The third-order valence-electron chi connectivity index (χ3n) is 2.56. The van der Waals surface area contributed by atoms with Crippen LogP contribution in [-0.2, 0) is 6.42 Å². The second-order valence-corrected chi connectivity index (χ2v) is 4.49. The Kier molecular flexibility index (Phi) is 4.66. The second kappa shape index (κ2) is 5.58. The van der Waals surface area contributed by atoms with Gasteiger partial charge < -0.3 is 9.88 Å². The number of hydrogen-bond acceptors (Lipinski definition) is 1. The predicted molar refractivity (Wildman–Crippen MR) is 72.8 cm³/mol. The number of benzene rings is 1. The van der Waals surface area contributed by atoms with Crippen LogP contribution in [0.25, 0.3) is 10.9 Å². The number of nitrogens with zero attached hydrogens (tertiary/aromatic N) is 1. The summed E-state index contributed by atoms with van der Waals surface area (Å²) in [6, 6.07) is 5.96. The van der Waals surface area contributed by atoms with Crippen LogP contribution in [0, 0.1) is 0 Å². The summed E-state index contributed by atoms with van der Waals surface area (Å²) in [5, 5.41) is 2.04. The van der Waals surface area contributed by atoms with Gasteiger partial charge >= 0.3 is 0 Å². The molecular weight excluding hydrogens is 243 g/mol. The van der Waals surface area contributed by atoms with Gasteiger partial charge in [-0.3, -0.25) is 0 Å². The summed E-state index contributed by atoms with van der Waals surface area (Å²) in [5.74, 6) is 0. The predicted octanol–water partition coefficient (Wildman–Crippen LogP) is 3.35. The summed E-state index contributed by atoms with van der Waals surface area (Å²) in [4.78, 5) is 5.45. The van der Waals surface area contributed by atoms with E-state index in [0.717, 1.165) is 23.5 Å². The van der Waals surface area contributed by atoms with Gasteiger partial charge in [-0.1, -0.05) is 11.6 Å². The Hall–Kier alpha value is -0.700. The van der Waals surface area contributed by atoms with E-state index >= 15 is 0 Å². The maximum Gasteiger partial charge on any atom is 0.0457 e. The summed E-state index contributed by atoms with van der Waals surface area (Å²) in [7, 11) is 4.17. The molecule has 0 spiro atoms. The SMILES string of the molecule is CN(C)CCc1c[nH]c2ccc(Cl)cc12.Cl. The largest absolute Gasteiger partial charge is 0.361 e. The smallest absolute Gasteiger partial charge is 0.0457 e. The average molecular weight is 259 g/mol. The molecule has 0 aliphatic heterocycles. The van der Waals surface area contributed by atoms with Crippen molar-refractivity contribution in [2.75, 3.05) is 20.6 Å². The van der Waals surface area contributed by atoms with Crippen LogP contribution >= 0.6 is 24.0 Å². The van der Waals surface area contributed by atoms with Crippen molar-refractivity contribution in [3.63, 3.8) is 0 Å². The van der Waals surface area contributed by atoms with Crippen LogP contribution < -0.4 is 0 Å². The van der Waals surface area contributed by atoms with Crippen LogP contribution in [0.1, 0.15) is 5.56 Å². The zero-order valence-electron chi connectivity index (χ0n) is 9.46. The molecule has 2 nitrogen and oxygen atoms in total. The van der Waals surface area contributed by atoms with Crippen molar-refractivity contribution in [2.24, 2.45) is 0 Å². The molecule has 1 aromatic carbocycles. The second-order valence-electron chi connectivity index (χ2n) is 4.06. The van der Waals surface area contributed by atoms with Gasteiger partial charge in [-0.05, 0) is 44.3 Å². The molecule has 0 saturated heterocycles. The number of nitrogens with one attached hydrogen (secondary N) is 1. The van der Waals surface area contributed by atoms with Crippen molar-refractivity contribution in [2.45, 2.75) is 6.42 Å². The molecule has 16 heavy (non-hydrogen) atoms. The number of rotatable bonds is 3. The Bertz CT molecular complexity index is 463. The zero-order chi connectivity index (χ0) is 10.8. The van der Waals surface area contributed by atoms with Crippen molar-refractivity contribution in [1.29, 1.82) is 0 Å². The van der Waals surface area contributed by atoms with Gasteiger partial charge in [0.25, 0.3) is 0 Å². The first-order valence-electron chi connectivity index (χ1n) is 5.07. The number of halogens is 2. The van der Waals surface area contributed by atoms with Crippen LogP contribution in [0.5, 0.6) is 0 Å². The first-order chi connectivity index (χ1) is 7.16. The van der Waals surface area contributed by atoms with Gasteiger partial charge in [-0.2, -0.15) is 0 Å². The zero-order valence-corrected chi connectivity index (χ0v) is 11.0. The van der Waals surface area contributed by atoms with E-state index in [1.165, 1.54) is 10.9 Å². The molecule has 4 heteroatoms. The van der Waals surface area contributed by atoms with Gasteiger partial charge in [0.05, 0.1) is 0 Å². The molecule has 1 heterocycles. The van der Waals surface area contributed by atoms with E-state index in [1.54, 1.807) is 0 Å². The lowest BCUT2D eigenvalue weighted by atomic mass is 10.1. The highest BCUT2D eigenvalue weighted by Gasteiger charge is 2.04. The standard InChI is InChI=1S/C12H15ClN2.ClH/c1-15(2)6-5-9-8-14-12-4-3-10(13)7-11(9)12;/h3-4,7-8,14H,5-6H2,1-2H3;1H.